The van der Waals surface area contributed by atoms with E-state index in [2.05, 4.69) is 6.92 Å². The van der Waals surface area contributed by atoms with Crippen molar-refractivity contribution in [2.75, 3.05) is 26.0 Å². The molecule has 2 unspecified atom stereocenters. The summed E-state index contributed by atoms with van der Waals surface area (Å²) in [4.78, 5) is 23.6. The molecule has 0 aromatic carbocycles. The third-order valence-electron chi connectivity index (χ3n) is 6.17. The van der Waals surface area contributed by atoms with Crippen LogP contribution in [-0.4, -0.2) is 38.1 Å². The number of nitrogens with zero attached hydrogens (tertiary/aromatic N) is 1. The highest BCUT2D eigenvalue weighted by Crippen LogP contribution is 2.37. The van der Waals surface area contributed by atoms with Gasteiger partial charge in [0, 0.05) is 19.7 Å². The number of thiazole rings is 1. The summed E-state index contributed by atoms with van der Waals surface area (Å²) < 4.78 is 30.1. The van der Waals surface area contributed by atoms with Crippen molar-refractivity contribution < 1.29 is 32.8 Å². The Balaban J connectivity index is 2.02. The standard InChI is InChI=1S/C27H50NO6PS/c1-3-4-5-6-7-8-9-10-11-12-13-14-15-16-20-32-24-27(34-26(2)29)17-22-35(30,31)33-21-18-28-19-23-36-25-28/h19,23,25,27H,3-18,20-22,24H2,1-2H3. The lowest BCUT2D eigenvalue weighted by atomic mass is 10.0. The molecule has 1 rings (SSSR count). The van der Waals surface area contributed by atoms with E-state index in [-0.39, 0.29) is 25.8 Å². The van der Waals surface area contributed by atoms with Crippen molar-refractivity contribution in [1.29, 1.82) is 0 Å². The first kappa shape index (κ1) is 33.2. The Hall–Kier alpha value is -0.790. The fourth-order valence-corrected chi connectivity index (χ4v) is 5.79. The molecule has 0 fully saturated rings. The van der Waals surface area contributed by atoms with Crippen LogP contribution in [-0.2, 0) is 29.9 Å². The van der Waals surface area contributed by atoms with Crippen molar-refractivity contribution in [2.24, 2.45) is 0 Å². The summed E-state index contributed by atoms with van der Waals surface area (Å²) in [5.41, 5.74) is 1.89. The molecule has 0 aliphatic heterocycles. The fourth-order valence-electron chi connectivity index (χ4n) is 4.07. The Labute approximate surface area is 223 Å². The molecule has 0 bridgehead atoms. The van der Waals surface area contributed by atoms with E-state index in [1.165, 1.54) is 95.3 Å². The molecule has 0 amide bonds. The summed E-state index contributed by atoms with van der Waals surface area (Å²) in [5.74, 6) is -0.435. The minimum absolute atomic E-state index is 0.0933. The Morgan fingerprint density at radius 2 is 1.53 bits per heavy atom. The third-order valence-corrected chi connectivity index (χ3v) is 8.22. The van der Waals surface area contributed by atoms with Gasteiger partial charge in [-0.05, 0) is 12.8 Å². The molecule has 1 aromatic rings. The molecule has 7 nitrogen and oxygen atoms in total. The zero-order chi connectivity index (χ0) is 26.3. The van der Waals surface area contributed by atoms with Gasteiger partial charge >= 0.3 is 5.97 Å². The Morgan fingerprint density at radius 3 is 2.06 bits per heavy atom. The molecule has 0 saturated carbocycles. The number of unbranched alkanes of at least 4 members (excludes halogenated alkanes) is 13. The van der Waals surface area contributed by atoms with Crippen LogP contribution in [0, 0.1) is 0 Å². The van der Waals surface area contributed by atoms with Gasteiger partial charge in [-0.15, -0.1) is 0 Å². The number of ether oxygens (including phenoxy) is 2. The molecule has 0 N–H and O–H groups in total. The van der Waals surface area contributed by atoms with Gasteiger partial charge < -0.3 is 23.5 Å². The lowest BCUT2D eigenvalue weighted by molar-refractivity contribution is -0.693. The van der Waals surface area contributed by atoms with Crippen LogP contribution in [0.1, 0.15) is 110 Å². The minimum atomic E-state index is -3.99. The van der Waals surface area contributed by atoms with Crippen molar-refractivity contribution in [3.05, 3.63) is 17.1 Å². The molecular formula is C27H50NO6PS. The highest BCUT2D eigenvalue weighted by Gasteiger charge is 2.18. The normalized spacial score (nSPS) is 14.0. The second kappa shape index (κ2) is 22.2. The maximum atomic E-state index is 12.2. The Morgan fingerprint density at radius 1 is 0.944 bits per heavy atom. The Bertz CT molecular complexity index is 688. The lowest BCUT2D eigenvalue weighted by Gasteiger charge is -2.25. The average Bonchev–Trinajstić information content (AvgIpc) is 3.35. The van der Waals surface area contributed by atoms with Crippen molar-refractivity contribution in [3.8, 4) is 0 Å². The quantitative estimate of drug-likeness (QED) is 0.0607. The van der Waals surface area contributed by atoms with Crippen LogP contribution >= 0.6 is 18.9 Å². The number of carbonyl (C=O) groups is 1. The van der Waals surface area contributed by atoms with Gasteiger partial charge in [-0.2, -0.15) is 4.57 Å². The molecule has 0 radical (unpaired) electrons. The number of esters is 1. The molecule has 0 saturated heterocycles. The van der Waals surface area contributed by atoms with Gasteiger partial charge in [0.2, 0.25) is 5.51 Å². The molecule has 9 heteroatoms. The van der Waals surface area contributed by atoms with Crippen molar-refractivity contribution in [2.45, 2.75) is 123 Å². The van der Waals surface area contributed by atoms with Crippen molar-refractivity contribution >= 4 is 24.9 Å². The molecule has 1 aromatic heterocycles. The number of hydrogen-bond acceptors (Lipinski definition) is 7. The predicted molar refractivity (Wildman–Crippen MR) is 144 cm³/mol. The molecule has 1 heterocycles. The summed E-state index contributed by atoms with van der Waals surface area (Å²) in [6, 6.07) is 0. The molecule has 36 heavy (non-hydrogen) atoms. The van der Waals surface area contributed by atoms with Gasteiger partial charge in [0.05, 0.1) is 12.0 Å². The van der Waals surface area contributed by atoms with E-state index < -0.39 is 19.7 Å². The topological polar surface area (TPSA) is 88.8 Å². The smallest absolute Gasteiger partial charge is 0.302 e. The van der Waals surface area contributed by atoms with Crippen LogP contribution in [0.2, 0.25) is 0 Å². The highest BCUT2D eigenvalue weighted by atomic mass is 32.1. The van der Waals surface area contributed by atoms with E-state index in [1.807, 2.05) is 21.7 Å². The van der Waals surface area contributed by atoms with E-state index in [0.717, 1.165) is 12.8 Å². The average molecular weight is 548 g/mol. The summed E-state index contributed by atoms with van der Waals surface area (Å²) in [5, 5.41) is 1.92. The first-order valence-electron chi connectivity index (χ1n) is 14.0. The molecule has 0 aliphatic rings. The zero-order valence-corrected chi connectivity index (χ0v) is 24.4. The minimum Gasteiger partial charge on any atom is -0.778 e. The van der Waals surface area contributed by atoms with Crippen LogP contribution in [0.3, 0.4) is 0 Å². The summed E-state index contributed by atoms with van der Waals surface area (Å²) in [7, 11) is -3.99. The van der Waals surface area contributed by atoms with Crippen LogP contribution in [0.15, 0.2) is 17.1 Å². The van der Waals surface area contributed by atoms with Gasteiger partial charge in [0.1, 0.15) is 20.3 Å². The van der Waals surface area contributed by atoms with Crippen molar-refractivity contribution in [1.82, 2.24) is 0 Å². The zero-order valence-electron chi connectivity index (χ0n) is 22.7. The van der Waals surface area contributed by atoms with Gasteiger partial charge in [-0.25, -0.2) is 0 Å². The Kier molecular flexibility index (Phi) is 20.5. The largest absolute Gasteiger partial charge is 0.778 e. The molecule has 0 aliphatic carbocycles. The fraction of sp³-hybridized carbons (Fsp3) is 0.852. The first-order chi connectivity index (χ1) is 17.4. The number of rotatable bonds is 25. The van der Waals surface area contributed by atoms with Gasteiger partial charge in [-0.1, -0.05) is 102 Å². The first-order valence-corrected chi connectivity index (χ1v) is 16.7. The summed E-state index contributed by atoms with van der Waals surface area (Å²) in [6.45, 7) is 4.97. The van der Waals surface area contributed by atoms with E-state index >= 15 is 0 Å². The maximum absolute atomic E-state index is 12.2. The molecule has 210 valence electrons. The second-order valence-electron chi connectivity index (χ2n) is 9.62. The predicted octanol–water partition coefficient (Wildman–Crippen LogP) is 6.43. The van der Waals surface area contributed by atoms with E-state index in [9.17, 15) is 14.3 Å². The van der Waals surface area contributed by atoms with Gasteiger partial charge in [0.15, 0.2) is 12.7 Å². The van der Waals surface area contributed by atoms with E-state index in [4.69, 9.17) is 14.0 Å². The molecular weight excluding hydrogens is 497 g/mol. The number of hydrogen-bond donors (Lipinski definition) is 0. The number of aromatic nitrogens is 1. The maximum Gasteiger partial charge on any atom is 0.302 e. The second-order valence-corrected chi connectivity index (χ2v) is 12.3. The van der Waals surface area contributed by atoms with Gasteiger partial charge in [0.25, 0.3) is 0 Å². The molecule has 2 atom stereocenters. The lowest BCUT2D eigenvalue weighted by Crippen LogP contribution is -2.33. The van der Waals surface area contributed by atoms with Gasteiger partial charge in [-0.3, -0.25) is 4.79 Å². The molecule has 0 spiro atoms. The van der Waals surface area contributed by atoms with Crippen molar-refractivity contribution in [3.63, 3.8) is 0 Å². The van der Waals surface area contributed by atoms with Crippen LogP contribution in [0.25, 0.3) is 0 Å². The van der Waals surface area contributed by atoms with Crippen LogP contribution in [0.4, 0.5) is 0 Å². The van der Waals surface area contributed by atoms with Crippen LogP contribution < -0.4 is 9.46 Å². The number of carbonyl (C=O) groups excluding carboxylic acids is 1. The summed E-state index contributed by atoms with van der Waals surface area (Å²) in [6.07, 6.45) is 19.6. The monoisotopic (exact) mass is 547 g/mol. The van der Waals surface area contributed by atoms with E-state index in [1.54, 1.807) is 0 Å². The summed E-state index contributed by atoms with van der Waals surface area (Å²) >= 11 is 1.54. The third kappa shape index (κ3) is 20.3. The van der Waals surface area contributed by atoms with E-state index in [0.29, 0.717) is 13.2 Å². The SMILES string of the molecule is CCCCCCCCCCCCCCCCOCC(CCP(=O)([O-])OCC[n+]1ccsc1)OC(C)=O. The van der Waals surface area contributed by atoms with Crippen LogP contribution in [0.5, 0.6) is 0 Å². The highest BCUT2D eigenvalue weighted by molar-refractivity contribution is 7.51.